The Morgan fingerprint density at radius 2 is 1.64 bits per heavy atom. The summed E-state index contributed by atoms with van der Waals surface area (Å²) in [7, 11) is 0. The van der Waals surface area contributed by atoms with Crippen molar-refractivity contribution in [2.75, 3.05) is 32.8 Å². The number of hydrogen-bond acceptors (Lipinski definition) is 4. The fourth-order valence-electron chi connectivity index (χ4n) is 3.39. The maximum absolute atomic E-state index is 6.12. The van der Waals surface area contributed by atoms with E-state index in [1.165, 1.54) is 16.7 Å². The number of hydrazine groups is 1. The van der Waals surface area contributed by atoms with Crippen molar-refractivity contribution in [3.05, 3.63) is 53.1 Å². The normalized spacial score (nSPS) is 16.5. The van der Waals surface area contributed by atoms with Gasteiger partial charge in [0.2, 0.25) is 0 Å². The van der Waals surface area contributed by atoms with Gasteiger partial charge in [0.05, 0.1) is 12.7 Å². The summed E-state index contributed by atoms with van der Waals surface area (Å²) in [6.45, 7) is 16.2. The number of ether oxygens (including phenoxy) is 2. The summed E-state index contributed by atoms with van der Waals surface area (Å²) in [5.74, 6) is 0.910. The van der Waals surface area contributed by atoms with Crippen molar-refractivity contribution in [1.82, 2.24) is 10.0 Å². The first kappa shape index (κ1) is 22.7. The van der Waals surface area contributed by atoms with E-state index in [4.69, 9.17) is 9.47 Å². The average Bonchev–Trinajstić information content (AvgIpc) is 3.09. The molecule has 1 aromatic rings. The summed E-state index contributed by atoms with van der Waals surface area (Å²) in [6, 6.07) is 8.28. The van der Waals surface area contributed by atoms with Gasteiger partial charge in [0.15, 0.2) is 0 Å². The highest BCUT2D eigenvalue weighted by atomic mass is 16.5. The molecule has 4 nitrogen and oxygen atoms in total. The van der Waals surface area contributed by atoms with E-state index < -0.39 is 0 Å². The minimum absolute atomic E-state index is 0.287. The van der Waals surface area contributed by atoms with Gasteiger partial charge in [-0.25, -0.2) is 10.0 Å². The Balaban J connectivity index is 1.71. The lowest BCUT2D eigenvalue weighted by Gasteiger charge is -2.24. The molecule has 28 heavy (non-hydrogen) atoms. The summed E-state index contributed by atoms with van der Waals surface area (Å²) in [5.41, 5.74) is 3.95. The molecule has 0 spiro atoms. The standard InChI is InChI=1S/C24H38N2O2/c1-6-25-17-24(18-26(25)7-2)28-19-22-11-13-23(14-12-22)27-16-15-21(5)10-8-9-20(3)4/h9,11-15,24H,6-8,10,16-19H2,1-5H3. The van der Waals surface area contributed by atoms with Crippen molar-refractivity contribution >= 4 is 0 Å². The first-order chi connectivity index (χ1) is 13.5. The molecule has 0 unspecified atom stereocenters. The van der Waals surface area contributed by atoms with Gasteiger partial charge in [-0.3, -0.25) is 0 Å². The van der Waals surface area contributed by atoms with Crippen molar-refractivity contribution < 1.29 is 9.47 Å². The predicted octanol–water partition coefficient (Wildman–Crippen LogP) is 5.22. The van der Waals surface area contributed by atoms with E-state index in [0.29, 0.717) is 13.2 Å². The zero-order valence-corrected chi connectivity index (χ0v) is 18.4. The van der Waals surface area contributed by atoms with Crippen LogP contribution in [-0.4, -0.2) is 48.9 Å². The summed E-state index contributed by atoms with van der Waals surface area (Å²) >= 11 is 0. The number of nitrogens with zero attached hydrogens (tertiary/aromatic N) is 2. The first-order valence-corrected chi connectivity index (χ1v) is 10.6. The minimum Gasteiger partial charge on any atom is -0.490 e. The van der Waals surface area contributed by atoms with Crippen molar-refractivity contribution in [3.63, 3.8) is 0 Å². The Morgan fingerprint density at radius 3 is 2.21 bits per heavy atom. The molecule has 0 aromatic heterocycles. The van der Waals surface area contributed by atoms with E-state index >= 15 is 0 Å². The predicted molar refractivity (Wildman–Crippen MR) is 117 cm³/mol. The maximum atomic E-state index is 6.12. The van der Waals surface area contributed by atoms with Gasteiger partial charge in [-0.1, -0.05) is 43.2 Å². The minimum atomic E-state index is 0.287. The van der Waals surface area contributed by atoms with Gasteiger partial charge in [0.1, 0.15) is 12.4 Å². The molecule has 1 aliphatic rings. The van der Waals surface area contributed by atoms with Crippen LogP contribution in [-0.2, 0) is 11.3 Å². The van der Waals surface area contributed by atoms with E-state index in [1.54, 1.807) is 0 Å². The molecule has 156 valence electrons. The average molecular weight is 387 g/mol. The molecule has 0 N–H and O–H groups in total. The third-order valence-corrected chi connectivity index (χ3v) is 5.14. The Kier molecular flexibility index (Phi) is 9.76. The molecule has 1 aliphatic heterocycles. The number of allylic oxidation sites excluding steroid dienone is 3. The molecule has 1 fully saturated rings. The van der Waals surface area contributed by atoms with E-state index in [-0.39, 0.29) is 6.10 Å². The third kappa shape index (κ3) is 7.78. The van der Waals surface area contributed by atoms with Gasteiger partial charge in [0, 0.05) is 26.2 Å². The monoisotopic (exact) mass is 386 g/mol. The van der Waals surface area contributed by atoms with Crippen molar-refractivity contribution in [3.8, 4) is 5.75 Å². The van der Waals surface area contributed by atoms with E-state index in [9.17, 15) is 0 Å². The fraction of sp³-hybridized carbons (Fsp3) is 0.583. The lowest BCUT2D eigenvalue weighted by atomic mass is 10.1. The number of hydrogen-bond donors (Lipinski definition) is 0. The molecule has 0 bridgehead atoms. The molecular weight excluding hydrogens is 348 g/mol. The highest BCUT2D eigenvalue weighted by Gasteiger charge is 2.28. The molecule has 4 heteroatoms. The summed E-state index contributed by atoms with van der Waals surface area (Å²) < 4.78 is 12.0. The van der Waals surface area contributed by atoms with Crippen LogP contribution in [0.2, 0.25) is 0 Å². The molecule has 0 saturated carbocycles. The number of rotatable bonds is 11. The SMILES string of the molecule is CCN1CC(OCc2ccc(OCC=C(C)CCC=C(C)C)cc2)CN1CC. The Labute approximate surface area is 171 Å². The summed E-state index contributed by atoms with van der Waals surface area (Å²) in [6.07, 6.45) is 6.94. The second-order valence-electron chi connectivity index (χ2n) is 7.77. The largest absolute Gasteiger partial charge is 0.490 e. The highest BCUT2D eigenvalue weighted by Crippen LogP contribution is 2.17. The smallest absolute Gasteiger partial charge is 0.119 e. The van der Waals surface area contributed by atoms with Crippen LogP contribution in [0.25, 0.3) is 0 Å². The van der Waals surface area contributed by atoms with Crippen LogP contribution in [0.15, 0.2) is 47.6 Å². The van der Waals surface area contributed by atoms with Gasteiger partial charge in [0.25, 0.3) is 0 Å². The van der Waals surface area contributed by atoms with Gasteiger partial charge in [-0.15, -0.1) is 0 Å². The zero-order chi connectivity index (χ0) is 20.4. The van der Waals surface area contributed by atoms with E-state index in [1.807, 2.05) is 12.1 Å². The van der Waals surface area contributed by atoms with Gasteiger partial charge < -0.3 is 9.47 Å². The molecule has 0 amide bonds. The zero-order valence-electron chi connectivity index (χ0n) is 18.4. The van der Waals surface area contributed by atoms with Crippen molar-refractivity contribution in [2.45, 2.75) is 60.2 Å². The maximum Gasteiger partial charge on any atom is 0.119 e. The van der Waals surface area contributed by atoms with E-state index in [2.05, 4.69) is 68.9 Å². The summed E-state index contributed by atoms with van der Waals surface area (Å²) in [4.78, 5) is 0. The first-order valence-electron chi connectivity index (χ1n) is 10.6. The molecule has 2 rings (SSSR count). The van der Waals surface area contributed by atoms with Crippen molar-refractivity contribution in [1.29, 1.82) is 0 Å². The Bertz CT molecular complexity index is 621. The Hall–Kier alpha value is -1.62. The third-order valence-electron chi connectivity index (χ3n) is 5.14. The van der Waals surface area contributed by atoms with Crippen LogP contribution in [0, 0.1) is 0 Å². The molecule has 1 aromatic carbocycles. The quantitative estimate of drug-likeness (QED) is 0.487. The van der Waals surface area contributed by atoms with Crippen LogP contribution in [0.5, 0.6) is 5.75 Å². The van der Waals surface area contributed by atoms with Gasteiger partial charge >= 0.3 is 0 Å². The van der Waals surface area contributed by atoms with Crippen LogP contribution < -0.4 is 4.74 Å². The van der Waals surface area contributed by atoms with Crippen LogP contribution in [0.1, 0.15) is 53.0 Å². The fourth-order valence-corrected chi connectivity index (χ4v) is 3.39. The van der Waals surface area contributed by atoms with Crippen LogP contribution in [0.3, 0.4) is 0 Å². The molecule has 0 atom stereocenters. The topological polar surface area (TPSA) is 24.9 Å². The molecule has 0 aliphatic carbocycles. The second-order valence-corrected chi connectivity index (χ2v) is 7.77. The van der Waals surface area contributed by atoms with Crippen molar-refractivity contribution in [2.24, 2.45) is 0 Å². The molecular formula is C24H38N2O2. The highest BCUT2D eigenvalue weighted by molar-refractivity contribution is 5.27. The lowest BCUT2D eigenvalue weighted by molar-refractivity contribution is 0.0388. The van der Waals surface area contributed by atoms with Gasteiger partial charge in [-0.05, 0) is 57.4 Å². The second kappa shape index (κ2) is 12.1. The van der Waals surface area contributed by atoms with Crippen LogP contribution >= 0.6 is 0 Å². The number of benzene rings is 1. The molecule has 0 radical (unpaired) electrons. The molecule has 1 saturated heterocycles. The van der Waals surface area contributed by atoms with E-state index in [0.717, 1.165) is 44.8 Å². The molecule has 1 heterocycles. The lowest BCUT2D eigenvalue weighted by Crippen LogP contribution is -2.35. The summed E-state index contributed by atoms with van der Waals surface area (Å²) in [5, 5.41) is 4.74. The number of likely N-dealkylation sites (N-methyl/N-ethyl adjacent to an activating group) is 2. The Morgan fingerprint density at radius 1 is 1.00 bits per heavy atom. The van der Waals surface area contributed by atoms with Gasteiger partial charge in [-0.2, -0.15) is 0 Å². The van der Waals surface area contributed by atoms with Crippen LogP contribution in [0.4, 0.5) is 0 Å².